The lowest BCUT2D eigenvalue weighted by Gasteiger charge is -2.25. The van der Waals surface area contributed by atoms with Crippen molar-refractivity contribution in [2.45, 2.75) is 12.3 Å². The molecule has 0 amide bonds. The standard InChI is InChI=1S/C16H12O.C15H10O2.C15H14O/c1-12-11-15(13-7-3-2-4-8-13)14-9-5-6-10-16(14)17-12;16-13-10-15(11-6-2-1-3-7-11)17-14-9-5-4-8-12(13)14;1-2-6-12(7-3-1)14-10-13-8-4-5-9-15(13)16-11-14/h2-11H,1H2;1-10H;1-9,14H,10-11H2. The first-order valence-electron chi connectivity index (χ1n) is 16.7. The quantitative estimate of drug-likeness (QED) is 0.191. The summed E-state index contributed by atoms with van der Waals surface area (Å²) in [5.41, 5.74) is 7.69. The molecule has 0 aliphatic carbocycles. The largest absolute Gasteiger partial charge is 0.493 e. The fourth-order valence-electron chi connectivity index (χ4n) is 6.16. The number of fused-ring (bicyclic) bond motifs is 3. The van der Waals surface area contributed by atoms with E-state index in [1.54, 1.807) is 6.07 Å². The number of hydrogen-bond donors (Lipinski definition) is 0. The van der Waals surface area contributed by atoms with E-state index >= 15 is 0 Å². The summed E-state index contributed by atoms with van der Waals surface area (Å²) >= 11 is 0. The lowest BCUT2D eigenvalue weighted by Crippen LogP contribution is -2.18. The van der Waals surface area contributed by atoms with E-state index in [2.05, 4.69) is 73.3 Å². The molecule has 3 heterocycles. The Bertz CT molecular complexity index is 2300. The molecule has 0 N–H and O–H groups in total. The van der Waals surface area contributed by atoms with Crippen LogP contribution in [-0.2, 0) is 6.42 Å². The van der Waals surface area contributed by atoms with Gasteiger partial charge in [0.2, 0.25) is 0 Å². The molecule has 4 nitrogen and oxygen atoms in total. The van der Waals surface area contributed by atoms with E-state index in [9.17, 15) is 4.79 Å². The van der Waals surface area contributed by atoms with Crippen molar-refractivity contribution in [3.63, 3.8) is 0 Å². The SMILES string of the molecule is C=C1C=C(c2ccccc2)c2ccccc2O1.O=c1cc(-c2ccccc2)oc2ccccc12.c1ccc(C2COc3ccccc3C2)cc1. The zero-order valence-electron chi connectivity index (χ0n) is 27.6. The Hall–Kier alpha value is -6.39. The molecule has 9 rings (SSSR count). The first-order valence-corrected chi connectivity index (χ1v) is 16.7. The van der Waals surface area contributed by atoms with Gasteiger partial charge in [0, 0.05) is 23.1 Å². The maximum absolute atomic E-state index is 11.9. The van der Waals surface area contributed by atoms with Gasteiger partial charge in [-0.15, -0.1) is 0 Å². The summed E-state index contributed by atoms with van der Waals surface area (Å²) in [6, 6.07) is 55.7. The molecule has 50 heavy (non-hydrogen) atoms. The summed E-state index contributed by atoms with van der Waals surface area (Å²) in [5, 5.41) is 0.618. The number of ether oxygens (including phenoxy) is 2. The highest BCUT2D eigenvalue weighted by Gasteiger charge is 2.20. The predicted molar refractivity (Wildman–Crippen MR) is 202 cm³/mol. The van der Waals surface area contributed by atoms with E-state index in [1.165, 1.54) is 22.8 Å². The molecule has 0 radical (unpaired) electrons. The van der Waals surface area contributed by atoms with E-state index in [0.29, 0.717) is 28.4 Å². The molecule has 0 fully saturated rings. The molecule has 1 aromatic heterocycles. The number of benzene rings is 6. The van der Waals surface area contributed by atoms with Gasteiger partial charge in [0.05, 0.1) is 12.0 Å². The van der Waals surface area contributed by atoms with Crippen LogP contribution in [0.1, 0.15) is 28.2 Å². The van der Waals surface area contributed by atoms with Crippen molar-refractivity contribution in [1.29, 1.82) is 0 Å². The van der Waals surface area contributed by atoms with Gasteiger partial charge >= 0.3 is 0 Å². The molecule has 0 saturated carbocycles. The molecule has 6 aromatic carbocycles. The second-order valence-corrected chi connectivity index (χ2v) is 12.1. The van der Waals surface area contributed by atoms with E-state index in [1.807, 2.05) is 97.1 Å². The van der Waals surface area contributed by atoms with Crippen LogP contribution in [0.4, 0.5) is 0 Å². The highest BCUT2D eigenvalue weighted by molar-refractivity contribution is 5.85. The van der Waals surface area contributed by atoms with Crippen molar-refractivity contribution in [2.24, 2.45) is 0 Å². The second-order valence-electron chi connectivity index (χ2n) is 12.1. The molecule has 1 unspecified atom stereocenters. The number of rotatable bonds is 3. The van der Waals surface area contributed by atoms with E-state index < -0.39 is 0 Å². The lowest BCUT2D eigenvalue weighted by atomic mass is 9.90. The van der Waals surface area contributed by atoms with Crippen molar-refractivity contribution < 1.29 is 13.9 Å². The van der Waals surface area contributed by atoms with Crippen molar-refractivity contribution in [3.05, 3.63) is 221 Å². The molecule has 2 aliphatic heterocycles. The van der Waals surface area contributed by atoms with Crippen molar-refractivity contribution in [3.8, 4) is 22.8 Å². The van der Waals surface area contributed by atoms with Crippen LogP contribution >= 0.6 is 0 Å². The maximum Gasteiger partial charge on any atom is 0.193 e. The van der Waals surface area contributed by atoms with Gasteiger partial charge in [-0.05, 0) is 59.0 Å². The summed E-state index contributed by atoms with van der Waals surface area (Å²) in [6.07, 6.45) is 3.07. The van der Waals surface area contributed by atoms with Gasteiger partial charge in [0.15, 0.2) is 5.43 Å². The first kappa shape index (κ1) is 32.2. The summed E-state index contributed by atoms with van der Waals surface area (Å²) in [4.78, 5) is 11.9. The third-order valence-electron chi connectivity index (χ3n) is 8.65. The van der Waals surface area contributed by atoms with Crippen LogP contribution in [0.2, 0.25) is 0 Å². The van der Waals surface area contributed by atoms with Gasteiger partial charge in [-0.3, -0.25) is 4.79 Å². The predicted octanol–water partition coefficient (Wildman–Crippen LogP) is 10.9. The van der Waals surface area contributed by atoms with Crippen LogP contribution in [0.25, 0.3) is 27.9 Å². The molecule has 244 valence electrons. The Labute approximate surface area is 292 Å². The summed E-state index contributed by atoms with van der Waals surface area (Å²) in [5.74, 6) is 3.71. The van der Waals surface area contributed by atoms with Crippen molar-refractivity contribution >= 4 is 16.5 Å². The monoisotopic (exact) mass is 652 g/mol. The van der Waals surface area contributed by atoms with Crippen LogP contribution in [-0.4, -0.2) is 6.61 Å². The van der Waals surface area contributed by atoms with Gasteiger partial charge in [-0.25, -0.2) is 0 Å². The smallest absolute Gasteiger partial charge is 0.193 e. The Morgan fingerprint density at radius 3 is 1.96 bits per heavy atom. The Balaban J connectivity index is 0.000000118. The summed E-state index contributed by atoms with van der Waals surface area (Å²) < 4.78 is 17.1. The fourth-order valence-corrected chi connectivity index (χ4v) is 6.16. The zero-order valence-corrected chi connectivity index (χ0v) is 27.6. The second kappa shape index (κ2) is 15.2. The Morgan fingerprint density at radius 1 is 0.600 bits per heavy atom. The number of allylic oxidation sites excluding steroid dienone is 1. The number of para-hydroxylation sites is 3. The van der Waals surface area contributed by atoms with Crippen LogP contribution in [0.5, 0.6) is 11.5 Å². The first-order chi connectivity index (χ1) is 24.6. The van der Waals surface area contributed by atoms with Gasteiger partial charge in [0.25, 0.3) is 0 Å². The van der Waals surface area contributed by atoms with E-state index in [4.69, 9.17) is 13.9 Å². The van der Waals surface area contributed by atoms with Crippen LogP contribution in [0.15, 0.2) is 197 Å². The highest BCUT2D eigenvalue weighted by Crippen LogP contribution is 2.36. The molecular weight excluding hydrogens is 617 g/mol. The molecule has 0 bridgehead atoms. The Kier molecular flexibility index (Phi) is 9.80. The minimum Gasteiger partial charge on any atom is -0.493 e. The topological polar surface area (TPSA) is 48.7 Å². The molecule has 0 spiro atoms. The lowest BCUT2D eigenvalue weighted by molar-refractivity contribution is 0.262. The third kappa shape index (κ3) is 7.51. The average molecular weight is 653 g/mol. The Morgan fingerprint density at radius 2 is 1.20 bits per heavy atom. The van der Waals surface area contributed by atoms with E-state index in [-0.39, 0.29) is 5.43 Å². The third-order valence-corrected chi connectivity index (χ3v) is 8.65. The minimum atomic E-state index is -0.00861. The summed E-state index contributed by atoms with van der Waals surface area (Å²) in [6.45, 7) is 4.68. The van der Waals surface area contributed by atoms with Crippen molar-refractivity contribution in [1.82, 2.24) is 0 Å². The maximum atomic E-state index is 11.9. The molecule has 7 aromatic rings. The molecule has 0 saturated heterocycles. The molecule has 1 atom stereocenters. The van der Waals surface area contributed by atoms with Gasteiger partial charge < -0.3 is 13.9 Å². The molecule has 2 aliphatic rings. The van der Waals surface area contributed by atoms with E-state index in [0.717, 1.165) is 41.2 Å². The zero-order chi connectivity index (χ0) is 34.1. The normalized spacial score (nSPS) is 14.2. The minimum absolute atomic E-state index is 0.00861. The highest BCUT2D eigenvalue weighted by atomic mass is 16.5. The van der Waals surface area contributed by atoms with Crippen LogP contribution in [0.3, 0.4) is 0 Å². The fraction of sp³-hybridized carbons (Fsp3) is 0.0652. The van der Waals surface area contributed by atoms with Crippen LogP contribution in [0, 0.1) is 0 Å². The van der Waals surface area contributed by atoms with Gasteiger partial charge in [-0.1, -0.05) is 146 Å². The van der Waals surface area contributed by atoms with Gasteiger partial charge in [0.1, 0.15) is 28.6 Å². The molecular formula is C46H36O4. The summed E-state index contributed by atoms with van der Waals surface area (Å²) in [7, 11) is 0. The van der Waals surface area contributed by atoms with Gasteiger partial charge in [-0.2, -0.15) is 0 Å². The molecule has 4 heteroatoms. The van der Waals surface area contributed by atoms with Crippen LogP contribution < -0.4 is 14.9 Å². The van der Waals surface area contributed by atoms with Crippen molar-refractivity contribution in [2.75, 3.05) is 6.61 Å². The number of hydrogen-bond acceptors (Lipinski definition) is 4. The average Bonchev–Trinajstić information content (AvgIpc) is 3.19.